The molecule has 1 nitrogen and oxygen atoms in total. The highest BCUT2D eigenvalue weighted by molar-refractivity contribution is 6.30. The van der Waals surface area contributed by atoms with Crippen molar-refractivity contribution in [2.24, 2.45) is 0 Å². The van der Waals surface area contributed by atoms with Gasteiger partial charge in [0, 0.05) is 6.07 Å². The first-order valence-corrected chi connectivity index (χ1v) is 2.53. The van der Waals surface area contributed by atoms with Gasteiger partial charge < -0.3 is 5.11 Å². The first-order chi connectivity index (χ1) is 3.79. The summed E-state index contributed by atoms with van der Waals surface area (Å²) in [4.78, 5) is 0. The number of hydrogen-bond donors (Lipinski definition) is 1. The highest BCUT2D eigenvalue weighted by Crippen LogP contribution is 2.13. The van der Waals surface area contributed by atoms with E-state index in [9.17, 15) is 0 Å². The normalized spacial score (nSPS) is 9.12. The van der Waals surface area contributed by atoms with Crippen LogP contribution in [0.5, 0.6) is 5.75 Å². The van der Waals surface area contributed by atoms with Crippen molar-refractivity contribution in [2.45, 2.75) is 0 Å². The van der Waals surface area contributed by atoms with Crippen LogP contribution in [0.25, 0.3) is 0 Å². The van der Waals surface area contributed by atoms with Gasteiger partial charge in [0.05, 0.1) is 5.02 Å². The molecular formula is C6H4ClO. The molecule has 1 aromatic rings. The summed E-state index contributed by atoms with van der Waals surface area (Å²) in [7, 11) is 0. The Bertz CT molecular complexity index is 168. The Morgan fingerprint density at radius 3 is 2.75 bits per heavy atom. The van der Waals surface area contributed by atoms with Gasteiger partial charge in [0.25, 0.3) is 0 Å². The van der Waals surface area contributed by atoms with Crippen LogP contribution in [0.2, 0.25) is 5.02 Å². The molecule has 1 radical (unpaired) electrons. The van der Waals surface area contributed by atoms with Crippen molar-refractivity contribution in [2.75, 3.05) is 0 Å². The summed E-state index contributed by atoms with van der Waals surface area (Å²) in [6, 6.07) is 7.20. The molecule has 2 heteroatoms. The van der Waals surface area contributed by atoms with E-state index in [0.29, 0.717) is 5.02 Å². The summed E-state index contributed by atoms with van der Waals surface area (Å²) in [6.07, 6.45) is 0. The molecule has 0 heterocycles. The molecule has 8 heavy (non-hydrogen) atoms. The van der Waals surface area contributed by atoms with E-state index in [0.717, 1.165) is 0 Å². The lowest BCUT2D eigenvalue weighted by atomic mass is 10.3. The largest absolute Gasteiger partial charge is 0.508 e. The van der Waals surface area contributed by atoms with Crippen molar-refractivity contribution in [1.82, 2.24) is 0 Å². The monoisotopic (exact) mass is 127 g/mol. The van der Waals surface area contributed by atoms with E-state index in [2.05, 4.69) is 6.07 Å². The van der Waals surface area contributed by atoms with Gasteiger partial charge in [-0.2, -0.15) is 0 Å². The van der Waals surface area contributed by atoms with E-state index in [4.69, 9.17) is 16.7 Å². The van der Waals surface area contributed by atoms with Crippen LogP contribution in [-0.4, -0.2) is 5.11 Å². The smallest absolute Gasteiger partial charge is 0.117 e. The minimum atomic E-state index is 0.175. The van der Waals surface area contributed by atoms with Gasteiger partial charge in [-0.25, -0.2) is 0 Å². The van der Waals surface area contributed by atoms with Gasteiger partial charge in [-0.05, 0) is 18.2 Å². The lowest BCUT2D eigenvalue weighted by Crippen LogP contribution is -1.62. The van der Waals surface area contributed by atoms with Crippen molar-refractivity contribution in [1.29, 1.82) is 0 Å². The van der Waals surface area contributed by atoms with E-state index in [-0.39, 0.29) is 5.75 Å². The lowest BCUT2D eigenvalue weighted by Gasteiger charge is -1.87. The molecule has 0 unspecified atom stereocenters. The van der Waals surface area contributed by atoms with Crippen LogP contribution in [0.3, 0.4) is 0 Å². The zero-order valence-electron chi connectivity index (χ0n) is 4.06. The minimum Gasteiger partial charge on any atom is -0.508 e. The quantitative estimate of drug-likeness (QED) is 0.564. The first kappa shape index (κ1) is 5.45. The number of halogens is 1. The molecule has 0 aromatic heterocycles. The fourth-order valence-corrected chi connectivity index (χ4v) is 0.601. The van der Waals surface area contributed by atoms with Gasteiger partial charge in [-0.15, -0.1) is 0 Å². The predicted octanol–water partition coefficient (Wildman–Crippen LogP) is 1.85. The third kappa shape index (κ3) is 1.14. The Kier molecular flexibility index (Phi) is 1.40. The number of phenols is 1. The van der Waals surface area contributed by atoms with Gasteiger partial charge in [0.1, 0.15) is 5.75 Å². The zero-order valence-corrected chi connectivity index (χ0v) is 4.81. The van der Waals surface area contributed by atoms with E-state index < -0.39 is 0 Å². The van der Waals surface area contributed by atoms with Crippen LogP contribution in [-0.2, 0) is 0 Å². The average Bonchev–Trinajstić information content (AvgIpc) is 1.64. The summed E-state index contributed by atoms with van der Waals surface area (Å²) in [6.45, 7) is 0. The van der Waals surface area contributed by atoms with Crippen molar-refractivity contribution in [3.63, 3.8) is 0 Å². The maximum Gasteiger partial charge on any atom is 0.117 e. The number of hydrogen-bond acceptors (Lipinski definition) is 1. The van der Waals surface area contributed by atoms with E-state index in [1.165, 1.54) is 12.1 Å². The van der Waals surface area contributed by atoms with Crippen LogP contribution in [0.4, 0.5) is 0 Å². The van der Waals surface area contributed by atoms with Gasteiger partial charge in [0.15, 0.2) is 0 Å². The molecule has 0 bridgehead atoms. The summed E-state index contributed by atoms with van der Waals surface area (Å²) in [5, 5.41) is 9.14. The lowest BCUT2D eigenvalue weighted by molar-refractivity contribution is 0.475. The van der Waals surface area contributed by atoms with E-state index in [1.807, 2.05) is 0 Å². The molecular weight excluding hydrogens is 124 g/mol. The summed E-state index contributed by atoms with van der Waals surface area (Å²) in [5.74, 6) is 0.175. The molecule has 0 saturated carbocycles. The number of rotatable bonds is 0. The first-order valence-electron chi connectivity index (χ1n) is 2.15. The van der Waals surface area contributed by atoms with Crippen molar-refractivity contribution in [3.05, 3.63) is 29.3 Å². The Morgan fingerprint density at radius 2 is 2.38 bits per heavy atom. The maximum atomic E-state index is 8.71. The molecule has 1 N–H and O–H groups in total. The number of phenolic OH excluding ortho intramolecular Hbond substituents is 1. The molecule has 0 saturated heterocycles. The Morgan fingerprint density at radius 1 is 1.62 bits per heavy atom. The molecule has 0 fully saturated rings. The predicted molar refractivity (Wildman–Crippen MR) is 32.0 cm³/mol. The number of aromatic hydroxyl groups is 1. The topological polar surface area (TPSA) is 20.2 Å². The van der Waals surface area contributed by atoms with Crippen LogP contribution in [0, 0.1) is 6.07 Å². The van der Waals surface area contributed by atoms with Crippen LogP contribution in [0.15, 0.2) is 18.2 Å². The Balaban J connectivity index is 3.08. The fraction of sp³-hybridized carbons (Fsp3) is 0. The third-order valence-corrected chi connectivity index (χ3v) is 0.968. The zero-order chi connectivity index (χ0) is 5.98. The molecule has 1 rings (SSSR count). The molecule has 0 aliphatic heterocycles. The van der Waals surface area contributed by atoms with E-state index in [1.54, 1.807) is 6.07 Å². The highest BCUT2D eigenvalue weighted by atomic mass is 35.5. The van der Waals surface area contributed by atoms with Crippen LogP contribution in [0.1, 0.15) is 0 Å². The second kappa shape index (κ2) is 2.05. The van der Waals surface area contributed by atoms with Crippen molar-refractivity contribution < 1.29 is 5.11 Å². The molecule has 0 atom stereocenters. The van der Waals surface area contributed by atoms with Gasteiger partial charge in [-0.3, -0.25) is 0 Å². The third-order valence-electron chi connectivity index (χ3n) is 0.750. The fourth-order valence-electron chi connectivity index (χ4n) is 0.426. The second-order valence-corrected chi connectivity index (χ2v) is 1.80. The summed E-state index contributed by atoms with van der Waals surface area (Å²) in [5.41, 5.74) is 0. The molecule has 0 aliphatic rings. The van der Waals surface area contributed by atoms with Crippen LogP contribution < -0.4 is 0 Å². The van der Waals surface area contributed by atoms with Crippen molar-refractivity contribution in [3.8, 4) is 5.75 Å². The van der Waals surface area contributed by atoms with Crippen LogP contribution >= 0.6 is 11.6 Å². The van der Waals surface area contributed by atoms with Gasteiger partial charge in [0.2, 0.25) is 0 Å². The molecule has 1 aromatic carbocycles. The van der Waals surface area contributed by atoms with Gasteiger partial charge >= 0.3 is 0 Å². The molecule has 0 amide bonds. The number of benzene rings is 1. The standard InChI is InChI=1S/C6H4ClO/c7-5-2-1-3-6(8)4-5/h1,3-4,8H. The molecule has 0 spiro atoms. The second-order valence-electron chi connectivity index (χ2n) is 1.39. The van der Waals surface area contributed by atoms with E-state index >= 15 is 0 Å². The maximum absolute atomic E-state index is 8.71. The molecule has 41 valence electrons. The Hall–Kier alpha value is -0.690. The summed E-state index contributed by atoms with van der Waals surface area (Å²) < 4.78 is 0. The average molecular weight is 128 g/mol. The minimum absolute atomic E-state index is 0.175. The van der Waals surface area contributed by atoms with Crippen molar-refractivity contribution >= 4 is 11.6 Å². The Labute approximate surface area is 52.5 Å². The SMILES string of the molecule is Oc1cc[c]c(Cl)c1. The summed E-state index contributed by atoms with van der Waals surface area (Å²) >= 11 is 5.43. The molecule has 0 aliphatic carbocycles. The highest BCUT2D eigenvalue weighted by Gasteiger charge is 1.86. The van der Waals surface area contributed by atoms with Gasteiger partial charge in [-0.1, -0.05) is 11.6 Å².